The van der Waals surface area contributed by atoms with Crippen LogP contribution in [0.2, 0.25) is 0 Å². The van der Waals surface area contributed by atoms with E-state index < -0.39 is 11.6 Å². The summed E-state index contributed by atoms with van der Waals surface area (Å²) in [5.74, 6) is -0.961. The third kappa shape index (κ3) is 4.97. The van der Waals surface area contributed by atoms with Crippen molar-refractivity contribution in [2.24, 2.45) is 0 Å². The fraction of sp³-hybridized carbons (Fsp3) is 0. The average molecular weight is 781 g/mol. The minimum Gasteiger partial charge on any atom is -0.305 e. The molecule has 0 aliphatic heterocycles. The van der Waals surface area contributed by atoms with Gasteiger partial charge in [-0.3, -0.25) is 39.9 Å². The highest BCUT2D eigenvalue weighted by Crippen LogP contribution is 2.50. The average Bonchev–Trinajstić information content (AvgIpc) is 3.30. The fourth-order valence-electron chi connectivity index (χ4n) is 8.60. The van der Waals surface area contributed by atoms with Gasteiger partial charge in [0.05, 0.1) is 56.2 Å². The number of pyridine rings is 8. The van der Waals surface area contributed by atoms with Crippen molar-refractivity contribution in [2.75, 3.05) is 9.80 Å². The molecule has 0 N–H and O–H groups in total. The van der Waals surface area contributed by atoms with Crippen LogP contribution in [0.1, 0.15) is 0 Å². The van der Waals surface area contributed by atoms with Gasteiger partial charge in [0.25, 0.3) is 0 Å². The molecule has 0 spiro atoms. The molecule has 0 aliphatic carbocycles. The van der Waals surface area contributed by atoms with Crippen LogP contribution in [0.5, 0.6) is 0 Å². The van der Waals surface area contributed by atoms with E-state index >= 15 is 8.78 Å². The molecule has 0 bridgehead atoms. The monoisotopic (exact) mass is 780 g/mol. The van der Waals surface area contributed by atoms with E-state index in [1.165, 1.54) is 12.1 Å². The van der Waals surface area contributed by atoms with Crippen LogP contribution >= 0.6 is 0 Å². The van der Waals surface area contributed by atoms with Gasteiger partial charge in [0.15, 0.2) is 0 Å². The highest BCUT2D eigenvalue weighted by molar-refractivity contribution is 6.29. The molecular formula is C48H26F2N10. The van der Waals surface area contributed by atoms with Crippen molar-refractivity contribution < 1.29 is 8.78 Å². The van der Waals surface area contributed by atoms with Gasteiger partial charge in [0.1, 0.15) is 33.7 Å². The number of nitrogens with zero attached hydrogens (tertiary/aromatic N) is 10. The highest BCUT2D eigenvalue weighted by atomic mass is 19.1. The molecule has 0 amide bonds. The number of rotatable bonds is 6. The molecule has 12 aromatic rings. The molecule has 0 saturated carbocycles. The predicted molar refractivity (Wildman–Crippen MR) is 232 cm³/mol. The van der Waals surface area contributed by atoms with Crippen LogP contribution < -0.4 is 9.80 Å². The molecule has 12 heteroatoms. The van der Waals surface area contributed by atoms with Gasteiger partial charge in [-0.2, -0.15) is 0 Å². The Bertz CT molecular complexity index is 3270. The summed E-state index contributed by atoms with van der Waals surface area (Å²) in [4.78, 5) is 41.3. The topological polar surface area (TPSA) is 110 Å². The summed E-state index contributed by atoms with van der Waals surface area (Å²) < 4.78 is 34.3. The van der Waals surface area contributed by atoms with Crippen molar-refractivity contribution in [3.63, 3.8) is 0 Å². The highest BCUT2D eigenvalue weighted by Gasteiger charge is 2.28. The Labute approximate surface area is 338 Å². The Kier molecular flexibility index (Phi) is 7.35. The summed E-state index contributed by atoms with van der Waals surface area (Å²) >= 11 is 0. The van der Waals surface area contributed by atoms with E-state index in [0.717, 1.165) is 0 Å². The van der Waals surface area contributed by atoms with Crippen molar-refractivity contribution in [1.29, 1.82) is 0 Å². The first kappa shape index (κ1) is 33.7. The lowest BCUT2D eigenvalue weighted by Gasteiger charge is -2.30. The number of fused-ring (bicyclic) bond motifs is 4. The molecule has 8 heterocycles. The van der Waals surface area contributed by atoms with E-state index in [9.17, 15) is 0 Å². The van der Waals surface area contributed by atoms with Crippen LogP contribution in [0.3, 0.4) is 0 Å². The zero-order valence-corrected chi connectivity index (χ0v) is 31.2. The van der Waals surface area contributed by atoms with Gasteiger partial charge in [-0.05, 0) is 84.9 Å². The molecule has 8 aromatic heterocycles. The Morgan fingerprint density at radius 1 is 0.300 bits per heavy atom. The van der Waals surface area contributed by atoms with E-state index in [-0.39, 0.29) is 0 Å². The number of hydrogen-bond donors (Lipinski definition) is 0. The molecule has 0 atom stereocenters. The molecule has 282 valence electrons. The second kappa shape index (κ2) is 13.1. The van der Waals surface area contributed by atoms with Crippen molar-refractivity contribution >= 4 is 111 Å². The summed E-state index contributed by atoms with van der Waals surface area (Å²) in [6.07, 6.45) is 13.7. The first-order valence-electron chi connectivity index (χ1n) is 19.1. The Balaban J connectivity index is 1.20. The van der Waals surface area contributed by atoms with Crippen LogP contribution in [0.4, 0.5) is 42.9 Å². The van der Waals surface area contributed by atoms with E-state index in [4.69, 9.17) is 19.9 Å². The SMILES string of the molecule is Fc1cc(N(c2ccnc3cccnc23)c2ccnc3cccnc23)c2ccc3c(F)cc(N(c4ccnc5cccnc45)c4ccnc5cccnc45)c4ccc1c2c34. The van der Waals surface area contributed by atoms with E-state index in [1.54, 1.807) is 61.7 Å². The normalized spacial score (nSPS) is 11.8. The summed E-state index contributed by atoms with van der Waals surface area (Å²) in [7, 11) is 0. The van der Waals surface area contributed by atoms with Gasteiger partial charge in [-0.25, -0.2) is 8.78 Å². The van der Waals surface area contributed by atoms with Gasteiger partial charge in [0.2, 0.25) is 0 Å². The van der Waals surface area contributed by atoms with Gasteiger partial charge < -0.3 is 9.80 Å². The molecular weight excluding hydrogens is 755 g/mol. The number of anilines is 6. The molecule has 4 aromatic carbocycles. The van der Waals surface area contributed by atoms with Crippen molar-refractivity contribution in [2.45, 2.75) is 0 Å². The number of hydrogen-bond acceptors (Lipinski definition) is 10. The summed E-state index contributed by atoms with van der Waals surface area (Å²) in [5.41, 5.74) is 8.67. The summed E-state index contributed by atoms with van der Waals surface area (Å²) in [6, 6.07) is 32.6. The molecule has 12 rings (SSSR count). The van der Waals surface area contributed by atoms with Crippen molar-refractivity contribution in [3.05, 3.63) is 170 Å². The zero-order valence-electron chi connectivity index (χ0n) is 31.2. The van der Waals surface area contributed by atoms with E-state index in [2.05, 4.69) is 19.9 Å². The number of halogens is 2. The number of benzene rings is 4. The smallest absolute Gasteiger partial charge is 0.133 e. The second-order valence-corrected chi connectivity index (χ2v) is 14.3. The molecule has 0 unspecified atom stereocenters. The second-order valence-electron chi connectivity index (χ2n) is 14.3. The minimum atomic E-state index is -0.481. The lowest BCUT2D eigenvalue weighted by molar-refractivity contribution is 0.639. The first-order chi connectivity index (χ1) is 29.6. The quantitative estimate of drug-likeness (QED) is 0.151. The molecule has 10 nitrogen and oxygen atoms in total. The molecule has 0 aliphatic rings. The predicted octanol–water partition coefficient (Wildman–Crippen LogP) is 11.6. The van der Waals surface area contributed by atoms with Crippen LogP contribution in [0.15, 0.2) is 159 Å². The molecule has 60 heavy (non-hydrogen) atoms. The Morgan fingerprint density at radius 3 is 0.917 bits per heavy atom. The van der Waals surface area contributed by atoms with Gasteiger partial charge >= 0.3 is 0 Å². The minimum absolute atomic E-state index is 0.345. The number of aromatic nitrogens is 8. The van der Waals surface area contributed by atoms with Gasteiger partial charge in [-0.1, -0.05) is 24.3 Å². The summed E-state index contributed by atoms with van der Waals surface area (Å²) in [5, 5.41) is 3.16. The Morgan fingerprint density at radius 2 is 0.600 bits per heavy atom. The van der Waals surface area contributed by atoms with Crippen molar-refractivity contribution in [3.8, 4) is 0 Å². The standard InChI is InChI=1S/C48H26F2N10/c49-31-25-41(59(37-13-21-51-33-5-1-17-55-45(33)37)38-14-22-52-34-6-2-18-56-46(34)38)29-11-9-28-32(50)26-42(30-12-10-27(31)43(29)44(28)30)60(39-15-23-53-35-7-3-19-57-47(35)39)40-16-24-54-36-8-4-20-58-48(36)40/h1-26H. The lowest BCUT2D eigenvalue weighted by Crippen LogP contribution is -2.14. The van der Waals surface area contributed by atoms with Crippen LogP contribution in [-0.4, -0.2) is 39.9 Å². The zero-order chi connectivity index (χ0) is 39.9. The Hall–Kier alpha value is -8.38. The fourth-order valence-corrected chi connectivity index (χ4v) is 8.60. The molecule has 0 fully saturated rings. The largest absolute Gasteiger partial charge is 0.305 e. The third-order valence-corrected chi connectivity index (χ3v) is 11.1. The van der Waals surface area contributed by atoms with Crippen LogP contribution in [-0.2, 0) is 0 Å². The summed E-state index contributed by atoms with van der Waals surface area (Å²) in [6.45, 7) is 0. The van der Waals surface area contributed by atoms with Gasteiger partial charge in [0, 0.05) is 81.9 Å². The molecule has 0 radical (unpaired) electrons. The van der Waals surface area contributed by atoms with Crippen LogP contribution in [0.25, 0.3) is 76.5 Å². The maximum atomic E-state index is 17.1. The van der Waals surface area contributed by atoms with Crippen molar-refractivity contribution in [1.82, 2.24) is 39.9 Å². The van der Waals surface area contributed by atoms with E-state index in [0.29, 0.717) is 111 Å². The van der Waals surface area contributed by atoms with E-state index in [1.807, 2.05) is 94.7 Å². The maximum Gasteiger partial charge on any atom is 0.133 e. The van der Waals surface area contributed by atoms with Crippen LogP contribution in [0, 0.1) is 11.6 Å². The van der Waals surface area contributed by atoms with Gasteiger partial charge in [-0.15, -0.1) is 0 Å². The molecule has 0 saturated heterocycles. The lowest BCUT2D eigenvalue weighted by atomic mass is 9.91. The maximum absolute atomic E-state index is 17.1. The third-order valence-electron chi connectivity index (χ3n) is 11.1. The first-order valence-corrected chi connectivity index (χ1v) is 19.1.